The van der Waals surface area contributed by atoms with Gasteiger partial charge in [-0.15, -0.1) is 12.4 Å². The number of aliphatic hydroxyl groups is 1. The van der Waals surface area contributed by atoms with Crippen LogP contribution in [0.4, 0.5) is 0 Å². The molecule has 1 aliphatic heterocycles. The van der Waals surface area contributed by atoms with Crippen LogP contribution in [0.1, 0.15) is 13.8 Å². The van der Waals surface area contributed by atoms with E-state index < -0.39 is 6.10 Å². The summed E-state index contributed by atoms with van der Waals surface area (Å²) in [5.41, 5.74) is 0. The molecule has 7 heteroatoms. The van der Waals surface area contributed by atoms with Gasteiger partial charge in [0, 0.05) is 12.6 Å². The number of ether oxygens (including phenoxy) is 3. The molecule has 1 aliphatic rings. The van der Waals surface area contributed by atoms with Crippen molar-refractivity contribution in [3.63, 3.8) is 0 Å². The summed E-state index contributed by atoms with van der Waals surface area (Å²) in [5.74, 6) is 1.55. The monoisotopic (exact) mass is 337 g/mol. The van der Waals surface area contributed by atoms with Crippen molar-refractivity contribution in [1.29, 1.82) is 0 Å². The highest BCUT2D eigenvalue weighted by molar-refractivity contribution is 6.32. The van der Waals surface area contributed by atoms with Gasteiger partial charge in [-0.05, 0) is 12.1 Å². The van der Waals surface area contributed by atoms with Gasteiger partial charge in [0.15, 0.2) is 11.5 Å². The molecule has 1 atom stereocenters. The van der Waals surface area contributed by atoms with E-state index in [1.807, 2.05) is 13.8 Å². The van der Waals surface area contributed by atoms with Crippen LogP contribution in [-0.4, -0.2) is 43.6 Å². The molecular formula is C14H21Cl2NO4. The van der Waals surface area contributed by atoms with Crippen molar-refractivity contribution >= 4 is 24.0 Å². The van der Waals surface area contributed by atoms with E-state index in [9.17, 15) is 5.11 Å². The molecule has 1 unspecified atom stereocenters. The number of halogens is 2. The Balaban J connectivity index is 0.00000220. The Morgan fingerprint density at radius 1 is 1.33 bits per heavy atom. The third-order valence-electron chi connectivity index (χ3n) is 2.80. The molecule has 0 saturated heterocycles. The maximum absolute atomic E-state index is 9.85. The summed E-state index contributed by atoms with van der Waals surface area (Å²) < 4.78 is 16.6. The van der Waals surface area contributed by atoms with Gasteiger partial charge in [0.2, 0.25) is 5.75 Å². The highest BCUT2D eigenvalue weighted by Crippen LogP contribution is 2.44. The van der Waals surface area contributed by atoms with Gasteiger partial charge in [0.05, 0.1) is 5.02 Å². The van der Waals surface area contributed by atoms with E-state index >= 15 is 0 Å². The molecule has 0 bridgehead atoms. The fraction of sp³-hybridized carbons (Fsp3) is 0.571. The highest BCUT2D eigenvalue weighted by Gasteiger charge is 2.21. The van der Waals surface area contributed by atoms with Crippen LogP contribution < -0.4 is 19.5 Å². The van der Waals surface area contributed by atoms with Gasteiger partial charge in [-0.3, -0.25) is 0 Å². The molecule has 21 heavy (non-hydrogen) atoms. The molecule has 0 fully saturated rings. The first-order chi connectivity index (χ1) is 9.58. The average Bonchev–Trinajstić information content (AvgIpc) is 2.44. The quantitative estimate of drug-likeness (QED) is 0.833. The van der Waals surface area contributed by atoms with E-state index in [0.29, 0.717) is 48.1 Å². The first-order valence-electron chi connectivity index (χ1n) is 6.70. The summed E-state index contributed by atoms with van der Waals surface area (Å²) in [5, 5.41) is 13.4. The lowest BCUT2D eigenvalue weighted by Gasteiger charge is -2.22. The Labute approximate surface area is 135 Å². The second kappa shape index (κ2) is 8.54. The summed E-state index contributed by atoms with van der Waals surface area (Å²) in [6.07, 6.45) is -0.617. The predicted molar refractivity (Wildman–Crippen MR) is 84.3 cm³/mol. The first-order valence-corrected chi connectivity index (χ1v) is 7.08. The smallest absolute Gasteiger partial charge is 0.205 e. The van der Waals surface area contributed by atoms with E-state index in [4.69, 9.17) is 25.8 Å². The van der Waals surface area contributed by atoms with Crippen LogP contribution in [-0.2, 0) is 0 Å². The summed E-state index contributed by atoms with van der Waals surface area (Å²) in [6, 6.07) is 3.76. The van der Waals surface area contributed by atoms with Crippen LogP contribution >= 0.6 is 24.0 Å². The standard InChI is InChI=1S/C14H20ClNO4.ClH/c1-9(2)16-7-10(17)8-20-13-11(15)3-4-12-14(13)19-6-5-18-12;/h3-4,9-10,16-17H,5-8H2,1-2H3;1H. The third kappa shape index (κ3) is 5.11. The molecular weight excluding hydrogens is 317 g/mol. The maximum atomic E-state index is 9.85. The molecule has 2 N–H and O–H groups in total. The molecule has 1 aromatic carbocycles. The van der Waals surface area contributed by atoms with Gasteiger partial charge < -0.3 is 24.6 Å². The molecule has 2 rings (SSSR count). The number of hydrogen-bond donors (Lipinski definition) is 2. The van der Waals surface area contributed by atoms with Gasteiger partial charge in [-0.2, -0.15) is 0 Å². The van der Waals surface area contributed by atoms with Crippen LogP contribution in [0, 0.1) is 0 Å². The second-order valence-corrected chi connectivity index (χ2v) is 5.34. The number of aliphatic hydroxyl groups excluding tert-OH is 1. The Hall–Kier alpha value is -0.880. The topological polar surface area (TPSA) is 60.0 Å². The van der Waals surface area contributed by atoms with Gasteiger partial charge in [-0.25, -0.2) is 0 Å². The van der Waals surface area contributed by atoms with Crippen LogP contribution in [0.25, 0.3) is 0 Å². The molecule has 5 nitrogen and oxygen atoms in total. The van der Waals surface area contributed by atoms with Gasteiger partial charge in [0.1, 0.15) is 25.9 Å². The second-order valence-electron chi connectivity index (χ2n) is 4.93. The van der Waals surface area contributed by atoms with Crippen molar-refractivity contribution in [2.24, 2.45) is 0 Å². The van der Waals surface area contributed by atoms with Crippen molar-refractivity contribution in [3.05, 3.63) is 17.2 Å². The highest BCUT2D eigenvalue weighted by atomic mass is 35.5. The molecule has 0 radical (unpaired) electrons. The molecule has 1 heterocycles. The minimum Gasteiger partial charge on any atom is -0.486 e. The zero-order valence-corrected chi connectivity index (χ0v) is 13.7. The molecule has 1 aromatic rings. The Bertz CT molecular complexity index is 457. The molecule has 0 aliphatic carbocycles. The van der Waals surface area contributed by atoms with Gasteiger partial charge >= 0.3 is 0 Å². The van der Waals surface area contributed by atoms with Gasteiger partial charge in [0.25, 0.3) is 0 Å². The van der Waals surface area contributed by atoms with Crippen molar-refractivity contribution in [2.45, 2.75) is 26.0 Å². The largest absolute Gasteiger partial charge is 0.486 e. The summed E-state index contributed by atoms with van der Waals surface area (Å²) in [7, 11) is 0. The van der Waals surface area contributed by atoms with E-state index in [1.54, 1.807) is 12.1 Å². The zero-order chi connectivity index (χ0) is 14.5. The molecule has 0 spiro atoms. The fourth-order valence-corrected chi connectivity index (χ4v) is 2.01. The van der Waals surface area contributed by atoms with Crippen molar-refractivity contribution in [2.75, 3.05) is 26.4 Å². The zero-order valence-electron chi connectivity index (χ0n) is 12.1. The first kappa shape index (κ1) is 18.2. The van der Waals surface area contributed by atoms with Gasteiger partial charge in [-0.1, -0.05) is 25.4 Å². The van der Waals surface area contributed by atoms with Crippen molar-refractivity contribution in [3.8, 4) is 17.2 Å². The minimum absolute atomic E-state index is 0. The van der Waals surface area contributed by atoms with Crippen molar-refractivity contribution in [1.82, 2.24) is 5.32 Å². The van der Waals surface area contributed by atoms with E-state index in [1.165, 1.54) is 0 Å². The predicted octanol–water partition coefficient (Wildman–Crippen LogP) is 2.27. The summed E-state index contributed by atoms with van der Waals surface area (Å²) in [4.78, 5) is 0. The number of benzene rings is 1. The number of fused-ring (bicyclic) bond motifs is 1. The normalized spacial score (nSPS) is 14.5. The summed E-state index contributed by atoms with van der Waals surface area (Å²) >= 11 is 6.11. The molecule has 0 aromatic heterocycles. The Morgan fingerprint density at radius 2 is 2.05 bits per heavy atom. The lowest BCUT2D eigenvalue weighted by Crippen LogP contribution is -2.35. The SMILES string of the molecule is CC(C)NCC(O)COc1c(Cl)ccc2c1OCCO2.Cl. The van der Waals surface area contributed by atoms with Crippen LogP contribution in [0.5, 0.6) is 17.2 Å². The Kier molecular flexibility index (Phi) is 7.39. The number of rotatable bonds is 6. The van der Waals surface area contributed by atoms with E-state index in [-0.39, 0.29) is 19.0 Å². The molecule has 0 amide bonds. The fourth-order valence-electron chi connectivity index (χ4n) is 1.81. The molecule has 0 saturated carbocycles. The van der Waals surface area contributed by atoms with Crippen LogP contribution in [0.3, 0.4) is 0 Å². The maximum Gasteiger partial charge on any atom is 0.205 e. The minimum atomic E-state index is -0.617. The lowest BCUT2D eigenvalue weighted by molar-refractivity contribution is 0.0985. The number of hydrogen-bond acceptors (Lipinski definition) is 5. The average molecular weight is 338 g/mol. The van der Waals surface area contributed by atoms with E-state index in [0.717, 1.165) is 0 Å². The third-order valence-corrected chi connectivity index (χ3v) is 3.09. The number of nitrogens with one attached hydrogen (secondary N) is 1. The summed E-state index contributed by atoms with van der Waals surface area (Å²) in [6.45, 7) is 5.60. The molecule has 120 valence electrons. The van der Waals surface area contributed by atoms with E-state index in [2.05, 4.69) is 5.32 Å². The Morgan fingerprint density at radius 3 is 2.76 bits per heavy atom. The lowest BCUT2D eigenvalue weighted by atomic mass is 10.2. The van der Waals surface area contributed by atoms with Crippen LogP contribution in [0.2, 0.25) is 5.02 Å². The van der Waals surface area contributed by atoms with Crippen molar-refractivity contribution < 1.29 is 19.3 Å². The van der Waals surface area contributed by atoms with Crippen LogP contribution in [0.15, 0.2) is 12.1 Å².